The predicted molar refractivity (Wildman–Crippen MR) is 108 cm³/mol. The number of rotatable bonds is 1. The first kappa shape index (κ1) is 13.7. The largest absolute Gasteiger partial charge is 0.353 e. The van der Waals surface area contributed by atoms with E-state index in [0.29, 0.717) is 0 Å². The Hall–Kier alpha value is -3.59. The lowest BCUT2D eigenvalue weighted by Crippen LogP contribution is -1.94. The third-order valence-electron chi connectivity index (χ3n) is 5.12. The minimum atomic E-state index is 0.995. The zero-order valence-electron chi connectivity index (χ0n) is 14.0. The molecule has 3 aromatic carbocycles. The molecule has 6 rings (SSSR count). The number of pyridine rings is 1. The number of aromatic amines is 1. The number of nitrogens with zero attached hydrogens (tertiary/aromatic N) is 2. The molecule has 0 bridgehead atoms. The number of hydrogen-bond acceptors (Lipinski definition) is 1. The van der Waals surface area contributed by atoms with Crippen LogP contribution < -0.4 is 0 Å². The topological polar surface area (TPSA) is 33.6 Å². The maximum Gasteiger partial charge on any atom is 0.146 e. The van der Waals surface area contributed by atoms with Crippen LogP contribution in [-0.2, 0) is 0 Å². The lowest BCUT2D eigenvalue weighted by atomic mass is 10.2. The smallest absolute Gasteiger partial charge is 0.146 e. The molecule has 0 saturated heterocycles. The Morgan fingerprint density at radius 1 is 0.654 bits per heavy atom. The maximum atomic E-state index is 5.11. The van der Waals surface area contributed by atoms with Gasteiger partial charge in [-0.1, -0.05) is 54.6 Å². The van der Waals surface area contributed by atoms with Gasteiger partial charge in [0.2, 0.25) is 0 Å². The van der Waals surface area contributed by atoms with Gasteiger partial charge in [0.05, 0.1) is 16.6 Å². The number of para-hydroxylation sites is 3. The highest BCUT2D eigenvalue weighted by atomic mass is 15.1. The van der Waals surface area contributed by atoms with Crippen molar-refractivity contribution in [1.82, 2.24) is 14.5 Å². The molecule has 0 radical (unpaired) electrons. The van der Waals surface area contributed by atoms with Crippen LogP contribution >= 0.6 is 0 Å². The molecule has 6 aromatic rings. The highest BCUT2D eigenvalue weighted by molar-refractivity contribution is 6.14. The fourth-order valence-corrected chi connectivity index (χ4v) is 3.97. The van der Waals surface area contributed by atoms with Gasteiger partial charge in [0.15, 0.2) is 0 Å². The van der Waals surface area contributed by atoms with Gasteiger partial charge in [0, 0.05) is 27.4 Å². The van der Waals surface area contributed by atoms with Gasteiger partial charge in [0.25, 0.3) is 0 Å². The van der Waals surface area contributed by atoms with Crippen molar-refractivity contribution in [3.8, 4) is 5.69 Å². The average Bonchev–Trinajstić information content (AvgIpc) is 3.22. The van der Waals surface area contributed by atoms with Crippen molar-refractivity contribution >= 4 is 43.9 Å². The molecule has 0 aliphatic heterocycles. The van der Waals surface area contributed by atoms with Crippen LogP contribution in [0.2, 0.25) is 0 Å². The standard InChI is InChI=1S/C23H15N3/c1-2-8-15(9-3-1)26-21-13-7-5-10-16(21)18-14-20-22(25-23(18)26)17-11-4-6-12-19(17)24-20/h1-14,24H. The minimum absolute atomic E-state index is 0.995. The Balaban J connectivity index is 1.86. The molecule has 3 heterocycles. The van der Waals surface area contributed by atoms with E-state index in [1.165, 1.54) is 16.3 Å². The van der Waals surface area contributed by atoms with Crippen LogP contribution in [-0.4, -0.2) is 14.5 Å². The van der Waals surface area contributed by atoms with Gasteiger partial charge in [-0.05, 0) is 30.3 Å². The number of fused-ring (bicyclic) bond motifs is 6. The second-order valence-electron chi connectivity index (χ2n) is 6.61. The summed E-state index contributed by atoms with van der Waals surface area (Å²) in [5.74, 6) is 0. The van der Waals surface area contributed by atoms with Crippen LogP contribution in [0.3, 0.4) is 0 Å². The summed E-state index contributed by atoms with van der Waals surface area (Å²) in [6, 6.07) is 29.5. The summed E-state index contributed by atoms with van der Waals surface area (Å²) in [6.07, 6.45) is 0. The first-order valence-corrected chi connectivity index (χ1v) is 8.76. The molecule has 1 N–H and O–H groups in total. The molecule has 3 aromatic heterocycles. The van der Waals surface area contributed by atoms with Gasteiger partial charge >= 0.3 is 0 Å². The number of benzene rings is 3. The van der Waals surface area contributed by atoms with Crippen LogP contribution in [0.1, 0.15) is 0 Å². The molecule has 0 amide bonds. The molecule has 3 nitrogen and oxygen atoms in total. The lowest BCUT2D eigenvalue weighted by Gasteiger charge is -2.06. The van der Waals surface area contributed by atoms with E-state index >= 15 is 0 Å². The minimum Gasteiger partial charge on any atom is -0.353 e. The summed E-state index contributed by atoms with van der Waals surface area (Å²) in [4.78, 5) is 8.62. The Morgan fingerprint density at radius 3 is 2.27 bits per heavy atom. The van der Waals surface area contributed by atoms with Crippen LogP contribution in [0.25, 0.3) is 49.6 Å². The van der Waals surface area contributed by atoms with Crippen molar-refractivity contribution in [3.05, 3.63) is 84.9 Å². The second-order valence-corrected chi connectivity index (χ2v) is 6.61. The monoisotopic (exact) mass is 333 g/mol. The van der Waals surface area contributed by atoms with Gasteiger partial charge < -0.3 is 4.98 Å². The van der Waals surface area contributed by atoms with Crippen molar-refractivity contribution in [1.29, 1.82) is 0 Å². The Bertz CT molecular complexity index is 1420. The van der Waals surface area contributed by atoms with Crippen molar-refractivity contribution < 1.29 is 0 Å². The molecular weight excluding hydrogens is 318 g/mol. The van der Waals surface area contributed by atoms with Crippen LogP contribution in [0.15, 0.2) is 84.9 Å². The average molecular weight is 333 g/mol. The first-order valence-electron chi connectivity index (χ1n) is 8.76. The van der Waals surface area contributed by atoms with E-state index in [1.807, 2.05) is 6.07 Å². The van der Waals surface area contributed by atoms with E-state index in [1.54, 1.807) is 0 Å². The molecular formula is C23H15N3. The molecule has 0 atom stereocenters. The highest BCUT2D eigenvalue weighted by Gasteiger charge is 2.15. The summed E-state index contributed by atoms with van der Waals surface area (Å²) in [7, 11) is 0. The Labute approximate surface area is 149 Å². The molecule has 0 aliphatic rings. The molecule has 3 heteroatoms. The van der Waals surface area contributed by atoms with Crippen LogP contribution in [0, 0.1) is 0 Å². The van der Waals surface area contributed by atoms with E-state index in [4.69, 9.17) is 4.98 Å². The molecule has 0 fully saturated rings. The van der Waals surface area contributed by atoms with Crippen molar-refractivity contribution in [3.63, 3.8) is 0 Å². The van der Waals surface area contributed by atoms with E-state index in [9.17, 15) is 0 Å². The summed E-state index contributed by atoms with van der Waals surface area (Å²) >= 11 is 0. The van der Waals surface area contributed by atoms with Crippen molar-refractivity contribution in [2.75, 3.05) is 0 Å². The van der Waals surface area contributed by atoms with Crippen LogP contribution in [0.5, 0.6) is 0 Å². The Morgan fingerprint density at radius 2 is 1.38 bits per heavy atom. The third-order valence-corrected chi connectivity index (χ3v) is 5.12. The first-order chi connectivity index (χ1) is 12.9. The summed E-state index contributed by atoms with van der Waals surface area (Å²) < 4.78 is 2.26. The lowest BCUT2D eigenvalue weighted by molar-refractivity contribution is 1.15. The zero-order valence-corrected chi connectivity index (χ0v) is 14.0. The van der Waals surface area contributed by atoms with E-state index < -0.39 is 0 Å². The fourth-order valence-electron chi connectivity index (χ4n) is 3.97. The third kappa shape index (κ3) is 1.74. The van der Waals surface area contributed by atoms with Gasteiger partial charge in [-0.2, -0.15) is 0 Å². The number of hydrogen-bond donors (Lipinski definition) is 1. The molecule has 0 saturated carbocycles. The summed E-state index contributed by atoms with van der Waals surface area (Å²) in [5, 5.41) is 3.55. The fraction of sp³-hybridized carbons (Fsp3) is 0. The van der Waals surface area contributed by atoms with Gasteiger partial charge in [-0.3, -0.25) is 4.57 Å². The second kappa shape index (κ2) is 4.96. The molecule has 122 valence electrons. The van der Waals surface area contributed by atoms with E-state index in [-0.39, 0.29) is 0 Å². The number of H-pyrrole nitrogens is 1. The van der Waals surface area contributed by atoms with Crippen molar-refractivity contribution in [2.45, 2.75) is 0 Å². The van der Waals surface area contributed by atoms with Gasteiger partial charge in [-0.25, -0.2) is 4.98 Å². The van der Waals surface area contributed by atoms with E-state index in [0.717, 1.165) is 33.3 Å². The normalized spacial score (nSPS) is 11.8. The van der Waals surface area contributed by atoms with Gasteiger partial charge in [0.1, 0.15) is 5.65 Å². The van der Waals surface area contributed by atoms with Gasteiger partial charge in [-0.15, -0.1) is 0 Å². The van der Waals surface area contributed by atoms with Crippen LogP contribution in [0.4, 0.5) is 0 Å². The van der Waals surface area contributed by atoms with E-state index in [2.05, 4.69) is 88.4 Å². The SMILES string of the molecule is c1ccc(-n2c3ccccc3c3cc4[nH]c5ccccc5c4nc32)cc1. The number of aromatic nitrogens is 3. The Kier molecular flexibility index (Phi) is 2.61. The highest BCUT2D eigenvalue weighted by Crippen LogP contribution is 2.34. The zero-order chi connectivity index (χ0) is 17.1. The number of nitrogens with one attached hydrogen (secondary N) is 1. The predicted octanol–water partition coefficient (Wildman–Crippen LogP) is 5.81. The molecule has 0 unspecified atom stereocenters. The molecule has 0 spiro atoms. The summed E-state index contributed by atoms with van der Waals surface area (Å²) in [5.41, 5.74) is 6.53. The quantitative estimate of drug-likeness (QED) is 0.404. The molecule has 0 aliphatic carbocycles. The summed E-state index contributed by atoms with van der Waals surface area (Å²) in [6.45, 7) is 0. The molecule has 26 heavy (non-hydrogen) atoms. The maximum absolute atomic E-state index is 5.11. The van der Waals surface area contributed by atoms with Crippen molar-refractivity contribution in [2.24, 2.45) is 0 Å².